The Bertz CT molecular complexity index is 1400. The number of hydrogen-bond acceptors (Lipinski definition) is 8. The molecule has 0 aliphatic carbocycles. The standard InChI is InChI=1S/C23H25FN6O4/c24-15-1-2-17-18(11-15)29(9-8-28-6-3-16(31)4-7-28)23(32)20-19(25-13-30(17)20)21-26-22(34-27-21)14-5-10-33-12-14/h1-2,11,13-14,16,31H,3-10,12H2. The lowest BCUT2D eigenvalue weighted by atomic mass is 10.1. The van der Waals surface area contributed by atoms with Gasteiger partial charge in [-0.2, -0.15) is 4.98 Å². The van der Waals surface area contributed by atoms with E-state index in [1.165, 1.54) is 18.5 Å². The van der Waals surface area contributed by atoms with Gasteiger partial charge in [0.05, 0.1) is 29.7 Å². The molecule has 0 saturated carbocycles. The smallest absolute Gasteiger partial charge is 0.277 e. The van der Waals surface area contributed by atoms with Gasteiger partial charge in [0.2, 0.25) is 11.7 Å². The zero-order valence-corrected chi connectivity index (χ0v) is 18.6. The second-order valence-electron chi connectivity index (χ2n) is 8.99. The fourth-order valence-electron chi connectivity index (χ4n) is 4.89. The van der Waals surface area contributed by atoms with Crippen LogP contribution >= 0.6 is 0 Å². The number of piperidine rings is 1. The van der Waals surface area contributed by atoms with Crippen LogP contribution in [0.4, 0.5) is 4.39 Å². The van der Waals surface area contributed by atoms with Gasteiger partial charge in [0.15, 0.2) is 0 Å². The van der Waals surface area contributed by atoms with E-state index in [0.717, 1.165) is 19.5 Å². The molecular formula is C23H25FN6O4. The van der Waals surface area contributed by atoms with Crippen LogP contribution in [0, 0.1) is 5.82 Å². The highest BCUT2D eigenvalue weighted by Gasteiger charge is 2.27. The van der Waals surface area contributed by atoms with Crippen LogP contribution in [0.25, 0.3) is 28.1 Å². The maximum Gasteiger partial charge on any atom is 0.277 e. The Kier molecular flexibility index (Phi) is 5.39. The second-order valence-corrected chi connectivity index (χ2v) is 8.99. The first-order valence-corrected chi connectivity index (χ1v) is 11.6. The highest BCUT2D eigenvalue weighted by Crippen LogP contribution is 2.27. The van der Waals surface area contributed by atoms with Gasteiger partial charge in [-0.3, -0.25) is 9.20 Å². The summed E-state index contributed by atoms with van der Waals surface area (Å²) in [6.45, 7) is 3.71. The van der Waals surface area contributed by atoms with Crippen molar-refractivity contribution in [3.63, 3.8) is 0 Å². The monoisotopic (exact) mass is 468 g/mol. The van der Waals surface area contributed by atoms with Crippen LogP contribution in [-0.4, -0.2) is 73.1 Å². The van der Waals surface area contributed by atoms with Crippen molar-refractivity contribution in [1.82, 2.24) is 29.0 Å². The van der Waals surface area contributed by atoms with Crippen LogP contribution < -0.4 is 5.56 Å². The molecule has 1 N–H and O–H groups in total. The van der Waals surface area contributed by atoms with Crippen LogP contribution in [0.3, 0.4) is 0 Å². The van der Waals surface area contributed by atoms with Crippen LogP contribution in [0.2, 0.25) is 0 Å². The molecule has 3 aromatic heterocycles. The number of ether oxygens (including phenoxy) is 1. The van der Waals surface area contributed by atoms with Gasteiger partial charge >= 0.3 is 0 Å². The number of aromatic nitrogens is 5. The first-order valence-electron chi connectivity index (χ1n) is 11.6. The van der Waals surface area contributed by atoms with Gasteiger partial charge in [0.1, 0.15) is 23.4 Å². The molecular weight excluding hydrogens is 443 g/mol. The first kappa shape index (κ1) is 21.4. The quantitative estimate of drug-likeness (QED) is 0.472. The number of aliphatic hydroxyl groups excluding tert-OH is 1. The number of imidazole rings is 1. The van der Waals surface area contributed by atoms with Gasteiger partial charge in [-0.05, 0) is 37.5 Å². The zero-order valence-electron chi connectivity index (χ0n) is 18.6. The predicted molar refractivity (Wildman–Crippen MR) is 120 cm³/mol. The van der Waals surface area contributed by atoms with Crippen LogP contribution in [0.1, 0.15) is 31.1 Å². The van der Waals surface area contributed by atoms with E-state index in [1.54, 1.807) is 15.0 Å². The van der Waals surface area contributed by atoms with Gasteiger partial charge in [0.25, 0.3) is 5.56 Å². The zero-order chi connectivity index (χ0) is 23.2. The molecule has 0 radical (unpaired) electrons. The van der Waals surface area contributed by atoms with Gasteiger partial charge in [-0.25, -0.2) is 9.37 Å². The summed E-state index contributed by atoms with van der Waals surface area (Å²) >= 11 is 0. The van der Waals surface area contributed by atoms with Gasteiger partial charge in [0, 0.05) is 32.8 Å². The molecule has 1 unspecified atom stereocenters. The minimum Gasteiger partial charge on any atom is -0.393 e. The SMILES string of the molecule is O=c1c2c(-c3noc(C4CCOC4)n3)ncn2c2ccc(F)cc2n1CCN1CCC(O)CC1. The van der Waals surface area contributed by atoms with Gasteiger partial charge < -0.3 is 23.8 Å². The molecule has 34 heavy (non-hydrogen) atoms. The molecule has 0 amide bonds. The molecule has 2 saturated heterocycles. The molecule has 5 heterocycles. The summed E-state index contributed by atoms with van der Waals surface area (Å²) in [4.78, 5) is 24.9. The summed E-state index contributed by atoms with van der Waals surface area (Å²) in [5.41, 5.74) is 1.52. The van der Waals surface area contributed by atoms with Gasteiger partial charge in [-0.1, -0.05) is 5.16 Å². The number of rotatable bonds is 5. The average Bonchev–Trinajstić information content (AvgIpc) is 3.59. The minimum absolute atomic E-state index is 0.0404. The fraction of sp³-hybridized carbons (Fsp3) is 0.478. The molecule has 2 aliphatic heterocycles. The van der Waals surface area contributed by atoms with Crippen molar-refractivity contribution >= 4 is 16.6 Å². The molecule has 11 heteroatoms. The molecule has 0 spiro atoms. The first-order chi connectivity index (χ1) is 16.6. The molecule has 10 nitrogen and oxygen atoms in total. The van der Waals surface area contributed by atoms with E-state index in [9.17, 15) is 14.3 Å². The number of benzene rings is 1. The van der Waals surface area contributed by atoms with E-state index in [4.69, 9.17) is 9.26 Å². The number of likely N-dealkylation sites (tertiary alicyclic amines) is 1. The van der Waals surface area contributed by atoms with Crippen LogP contribution in [0.15, 0.2) is 33.8 Å². The Labute approximate surface area is 193 Å². The lowest BCUT2D eigenvalue weighted by Crippen LogP contribution is -2.39. The van der Waals surface area contributed by atoms with E-state index >= 15 is 0 Å². The van der Waals surface area contributed by atoms with E-state index in [2.05, 4.69) is 20.0 Å². The van der Waals surface area contributed by atoms with Crippen LogP contribution in [0.5, 0.6) is 0 Å². The molecule has 2 fully saturated rings. The maximum absolute atomic E-state index is 14.2. The summed E-state index contributed by atoms with van der Waals surface area (Å²) in [5.74, 6) is 0.352. The molecule has 6 rings (SSSR count). The van der Waals surface area contributed by atoms with Crippen molar-refractivity contribution in [2.75, 3.05) is 32.8 Å². The highest BCUT2D eigenvalue weighted by molar-refractivity contribution is 5.83. The maximum atomic E-state index is 14.2. The van der Waals surface area contributed by atoms with E-state index < -0.39 is 5.82 Å². The van der Waals surface area contributed by atoms with E-state index in [0.29, 0.717) is 67.3 Å². The Morgan fingerprint density at radius 3 is 2.79 bits per heavy atom. The summed E-state index contributed by atoms with van der Waals surface area (Å²) in [6, 6.07) is 4.39. The highest BCUT2D eigenvalue weighted by atomic mass is 19.1. The third-order valence-electron chi connectivity index (χ3n) is 6.83. The number of fused-ring (bicyclic) bond motifs is 3. The normalized spacial score (nSPS) is 20.1. The lowest BCUT2D eigenvalue weighted by Gasteiger charge is -2.29. The average molecular weight is 468 g/mol. The summed E-state index contributed by atoms with van der Waals surface area (Å²) in [5, 5.41) is 13.9. The third kappa shape index (κ3) is 3.69. The van der Waals surface area contributed by atoms with E-state index in [1.807, 2.05) is 0 Å². The molecule has 4 aromatic rings. The molecule has 1 aromatic carbocycles. The number of nitrogens with zero attached hydrogens (tertiary/aromatic N) is 6. The number of aliphatic hydroxyl groups is 1. The topological polar surface area (TPSA) is 111 Å². The Hall–Kier alpha value is -3.15. The van der Waals surface area contributed by atoms with Crippen LogP contribution in [-0.2, 0) is 11.3 Å². The number of hydrogen-bond donors (Lipinski definition) is 1. The predicted octanol–water partition coefficient (Wildman–Crippen LogP) is 1.80. The second kappa shape index (κ2) is 8.57. The Morgan fingerprint density at radius 2 is 2.00 bits per heavy atom. The molecule has 2 aliphatic rings. The largest absolute Gasteiger partial charge is 0.393 e. The van der Waals surface area contributed by atoms with Crippen molar-refractivity contribution in [3.05, 3.63) is 46.6 Å². The summed E-state index contributed by atoms with van der Waals surface area (Å²) < 4.78 is 28.3. The number of halogens is 1. The molecule has 1 atom stereocenters. The Morgan fingerprint density at radius 1 is 1.15 bits per heavy atom. The van der Waals surface area contributed by atoms with Gasteiger partial charge in [-0.15, -0.1) is 0 Å². The van der Waals surface area contributed by atoms with Crippen molar-refractivity contribution < 1.29 is 18.8 Å². The summed E-state index contributed by atoms with van der Waals surface area (Å²) in [6.07, 6.45) is 3.50. The van der Waals surface area contributed by atoms with E-state index in [-0.39, 0.29) is 23.4 Å². The van der Waals surface area contributed by atoms with Crippen molar-refractivity contribution in [3.8, 4) is 11.5 Å². The Balaban J connectivity index is 1.43. The fourth-order valence-corrected chi connectivity index (χ4v) is 4.89. The lowest BCUT2D eigenvalue weighted by molar-refractivity contribution is 0.0810. The van der Waals surface area contributed by atoms with Crippen molar-refractivity contribution in [2.45, 2.75) is 37.8 Å². The summed E-state index contributed by atoms with van der Waals surface area (Å²) in [7, 11) is 0. The van der Waals surface area contributed by atoms with Crippen molar-refractivity contribution in [1.29, 1.82) is 0 Å². The molecule has 178 valence electrons. The third-order valence-corrected chi connectivity index (χ3v) is 6.83. The molecule has 0 bridgehead atoms. The van der Waals surface area contributed by atoms with Crippen molar-refractivity contribution in [2.24, 2.45) is 0 Å². The minimum atomic E-state index is -0.414.